The molecule has 2 atom stereocenters. The number of rotatable bonds is 2. The van der Waals surface area contributed by atoms with Crippen LogP contribution in [0, 0.1) is 5.92 Å². The smallest absolute Gasteiger partial charge is 0.196 e. The molecule has 0 radical (unpaired) electrons. The van der Waals surface area contributed by atoms with E-state index in [1.54, 1.807) is 0 Å². The number of hydrogen-bond donors (Lipinski definition) is 1. The predicted octanol–water partition coefficient (Wildman–Crippen LogP) is 2.27. The van der Waals surface area contributed by atoms with Crippen LogP contribution in [0.15, 0.2) is 29.3 Å². The van der Waals surface area contributed by atoms with Crippen molar-refractivity contribution in [1.82, 2.24) is 0 Å². The molecule has 5 heteroatoms. The number of guanidine groups is 1. The molecule has 0 spiro atoms. The maximum atomic E-state index is 6.07. The number of hydrogen-bond acceptors (Lipinski definition) is 4. The SMILES string of the molecule is NC1=NCC(C2CCCOC2)N1c1cccc(Cl)c1. The minimum atomic E-state index is 0.291. The Bertz CT molecular complexity index is 485. The average Bonchev–Trinajstić information content (AvgIpc) is 2.82. The van der Waals surface area contributed by atoms with Gasteiger partial charge in [-0.3, -0.25) is 4.99 Å². The Labute approximate surface area is 118 Å². The Morgan fingerprint density at radius 2 is 2.32 bits per heavy atom. The van der Waals surface area contributed by atoms with Crippen LogP contribution in [0.25, 0.3) is 0 Å². The van der Waals surface area contributed by atoms with Crippen molar-refractivity contribution in [3.05, 3.63) is 29.3 Å². The summed E-state index contributed by atoms with van der Waals surface area (Å²) in [6, 6.07) is 8.06. The largest absolute Gasteiger partial charge is 0.381 e. The van der Waals surface area contributed by atoms with E-state index in [2.05, 4.69) is 9.89 Å². The lowest BCUT2D eigenvalue weighted by Gasteiger charge is -2.34. The first-order valence-corrected chi connectivity index (χ1v) is 7.06. The third-order valence-corrected chi connectivity index (χ3v) is 4.08. The molecule has 1 fully saturated rings. The number of halogens is 1. The van der Waals surface area contributed by atoms with Crippen molar-refractivity contribution in [2.45, 2.75) is 18.9 Å². The topological polar surface area (TPSA) is 50.9 Å². The first kappa shape index (κ1) is 12.8. The number of ether oxygens (including phenoxy) is 1. The third-order valence-electron chi connectivity index (χ3n) is 3.84. The van der Waals surface area contributed by atoms with E-state index >= 15 is 0 Å². The Hall–Kier alpha value is -1.26. The van der Waals surface area contributed by atoms with E-state index in [-0.39, 0.29) is 0 Å². The van der Waals surface area contributed by atoms with Gasteiger partial charge in [0, 0.05) is 23.2 Å². The van der Waals surface area contributed by atoms with Crippen molar-refractivity contribution in [2.75, 3.05) is 24.7 Å². The first-order valence-electron chi connectivity index (χ1n) is 6.68. The molecule has 2 aliphatic rings. The van der Waals surface area contributed by atoms with Crippen molar-refractivity contribution in [3.63, 3.8) is 0 Å². The van der Waals surface area contributed by atoms with Gasteiger partial charge in [0.05, 0.1) is 19.2 Å². The molecule has 4 nitrogen and oxygen atoms in total. The van der Waals surface area contributed by atoms with Crippen LogP contribution in [0.5, 0.6) is 0 Å². The fraction of sp³-hybridized carbons (Fsp3) is 0.500. The Balaban J connectivity index is 1.85. The van der Waals surface area contributed by atoms with Gasteiger partial charge in [-0.25, -0.2) is 0 Å². The standard InChI is InChI=1S/C14H18ClN3O/c15-11-4-1-5-12(7-11)18-13(8-17-14(18)16)10-3-2-6-19-9-10/h1,4-5,7,10,13H,2-3,6,8-9H2,(H2,16,17). The summed E-state index contributed by atoms with van der Waals surface area (Å²) in [6.07, 6.45) is 2.29. The van der Waals surface area contributed by atoms with Gasteiger partial charge in [-0.05, 0) is 31.0 Å². The fourth-order valence-corrected chi connectivity index (χ4v) is 3.08. The van der Waals surface area contributed by atoms with Crippen LogP contribution in [0.2, 0.25) is 5.02 Å². The average molecular weight is 280 g/mol. The maximum absolute atomic E-state index is 6.07. The van der Waals surface area contributed by atoms with Crippen LogP contribution >= 0.6 is 11.6 Å². The molecule has 2 N–H and O–H groups in total. The Morgan fingerprint density at radius 1 is 1.42 bits per heavy atom. The summed E-state index contributed by atoms with van der Waals surface area (Å²) in [6.45, 7) is 2.41. The highest BCUT2D eigenvalue weighted by atomic mass is 35.5. The molecule has 0 amide bonds. The molecule has 3 rings (SSSR count). The van der Waals surface area contributed by atoms with E-state index in [0.29, 0.717) is 17.9 Å². The number of benzene rings is 1. The molecule has 0 bridgehead atoms. The fourth-order valence-electron chi connectivity index (χ4n) is 2.89. The maximum Gasteiger partial charge on any atom is 0.196 e. The summed E-state index contributed by atoms with van der Waals surface area (Å²) >= 11 is 6.07. The van der Waals surface area contributed by atoms with E-state index in [1.807, 2.05) is 24.3 Å². The number of anilines is 1. The van der Waals surface area contributed by atoms with Crippen molar-refractivity contribution in [3.8, 4) is 0 Å². The van der Waals surface area contributed by atoms with E-state index in [0.717, 1.165) is 36.9 Å². The van der Waals surface area contributed by atoms with E-state index in [1.165, 1.54) is 6.42 Å². The van der Waals surface area contributed by atoms with Gasteiger partial charge in [0.2, 0.25) is 0 Å². The highest BCUT2D eigenvalue weighted by Gasteiger charge is 2.35. The molecule has 2 aliphatic heterocycles. The molecule has 1 aromatic carbocycles. The van der Waals surface area contributed by atoms with Crippen molar-refractivity contribution in [2.24, 2.45) is 16.6 Å². The Morgan fingerprint density at radius 3 is 3.05 bits per heavy atom. The molecule has 2 unspecified atom stereocenters. The zero-order valence-corrected chi connectivity index (χ0v) is 11.5. The molecule has 1 aromatic rings. The zero-order valence-electron chi connectivity index (χ0n) is 10.8. The molecule has 1 saturated heterocycles. The molecule has 19 heavy (non-hydrogen) atoms. The summed E-state index contributed by atoms with van der Waals surface area (Å²) in [4.78, 5) is 6.50. The number of nitrogens with two attached hydrogens (primary N) is 1. The second-order valence-electron chi connectivity index (χ2n) is 5.09. The number of nitrogens with zero attached hydrogens (tertiary/aromatic N) is 2. The van der Waals surface area contributed by atoms with Gasteiger partial charge in [-0.1, -0.05) is 17.7 Å². The van der Waals surface area contributed by atoms with E-state index in [4.69, 9.17) is 22.1 Å². The third kappa shape index (κ3) is 2.55. The van der Waals surface area contributed by atoms with Crippen LogP contribution in [0.4, 0.5) is 5.69 Å². The quantitative estimate of drug-likeness (QED) is 0.903. The van der Waals surface area contributed by atoms with Gasteiger partial charge in [-0.15, -0.1) is 0 Å². The van der Waals surface area contributed by atoms with Gasteiger partial charge >= 0.3 is 0 Å². The molecule has 0 aliphatic carbocycles. The molecule has 0 aromatic heterocycles. The van der Waals surface area contributed by atoms with Gasteiger partial charge in [-0.2, -0.15) is 0 Å². The second kappa shape index (κ2) is 5.39. The summed E-state index contributed by atoms with van der Waals surface area (Å²) in [7, 11) is 0. The van der Waals surface area contributed by atoms with Crippen LogP contribution < -0.4 is 10.6 Å². The first-order chi connectivity index (χ1) is 9.25. The van der Waals surface area contributed by atoms with Crippen LogP contribution in [0.3, 0.4) is 0 Å². The molecular formula is C14H18ClN3O. The second-order valence-corrected chi connectivity index (χ2v) is 5.53. The highest BCUT2D eigenvalue weighted by molar-refractivity contribution is 6.30. The Kier molecular flexibility index (Phi) is 3.62. The minimum absolute atomic E-state index is 0.291. The molecule has 0 saturated carbocycles. The van der Waals surface area contributed by atoms with Crippen molar-refractivity contribution >= 4 is 23.2 Å². The van der Waals surface area contributed by atoms with E-state index < -0.39 is 0 Å². The van der Waals surface area contributed by atoms with Crippen molar-refractivity contribution < 1.29 is 4.74 Å². The lowest BCUT2D eigenvalue weighted by Crippen LogP contribution is -2.47. The lowest BCUT2D eigenvalue weighted by atomic mass is 9.93. The summed E-state index contributed by atoms with van der Waals surface area (Å²) in [5.41, 5.74) is 7.07. The summed E-state index contributed by atoms with van der Waals surface area (Å²) in [5.74, 6) is 1.07. The van der Waals surface area contributed by atoms with Gasteiger partial charge in [0.1, 0.15) is 0 Å². The normalized spacial score (nSPS) is 27.4. The predicted molar refractivity (Wildman–Crippen MR) is 77.8 cm³/mol. The van der Waals surface area contributed by atoms with Crippen LogP contribution in [-0.2, 0) is 4.74 Å². The van der Waals surface area contributed by atoms with Gasteiger partial charge < -0.3 is 15.4 Å². The zero-order chi connectivity index (χ0) is 13.2. The van der Waals surface area contributed by atoms with Gasteiger partial charge in [0.15, 0.2) is 5.96 Å². The lowest BCUT2D eigenvalue weighted by molar-refractivity contribution is 0.0473. The highest BCUT2D eigenvalue weighted by Crippen LogP contribution is 2.30. The monoisotopic (exact) mass is 279 g/mol. The van der Waals surface area contributed by atoms with Crippen LogP contribution in [0.1, 0.15) is 12.8 Å². The molecular weight excluding hydrogens is 262 g/mol. The number of aliphatic imine (C=N–C) groups is 1. The van der Waals surface area contributed by atoms with Gasteiger partial charge in [0.25, 0.3) is 0 Å². The molecule has 102 valence electrons. The summed E-state index contributed by atoms with van der Waals surface area (Å²) < 4.78 is 5.59. The van der Waals surface area contributed by atoms with E-state index in [9.17, 15) is 0 Å². The van der Waals surface area contributed by atoms with Crippen LogP contribution in [-0.4, -0.2) is 31.8 Å². The molecule has 2 heterocycles. The minimum Gasteiger partial charge on any atom is -0.381 e. The summed E-state index contributed by atoms with van der Waals surface area (Å²) in [5, 5.41) is 0.718. The van der Waals surface area contributed by atoms with Crippen molar-refractivity contribution in [1.29, 1.82) is 0 Å².